The van der Waals surface area contributed by atoms with Crippen LogP contribution in [-0.4, -0.2) is 17.6 Å². The number of rotatable bonds is 4. The monoisotopic (exact) mass is 291 g/mol. The third-order valence-electron chi connectivity index (χ3n) is 2.61. The number of phenols is 1. The molecular formula is C15H14ClNO3. The number of nitrogens with one attached hydrogen (secondary N) is 1. The molecule has 0 aliphatic heterocycles. The molecule has 0 unspecified atom stereocenters. The average Bonchev–Trinajstić information content (AvgIpc) is 2.41. The molecule has 0 fully saturated rings. The molecule has 104 valence electrons. The summed E-state index contributed by atoms with van der Waals surface area (Å²) in [5.41, 5.74) is 0.708. The van der Waals surface area contributed by atoms with E-state index >= 15 is 0 Å². The summed E-state index contributed by atoms with van der Waals surface area (Å²) in [7, 11) is 0. The van der Waals surface area contributed by atoms with E-state index in [0.717, 1.165) is 0 Å². The van der Waals surface area contributed by atoms with Gasteiger partial charge in [-0.3, -0.25) is 4.79 Å². The molecule has 0 radical (unpaired) electrons. The Morgan fingerprint density at radius 2 is 2.10 bits per heavy atom. The van der Waals surface area contributed by atoms with Crippen LogP contribution in [0.1, 0.15) is 17.3 Å². The largest absolute Gasteiger partial charge is 0.507 e. The second-order valence-corrected chi connectivity index (χ2v) is 4.51. The van der Waals surface area contributed by atoms with Gasteiger partial charge in [0, 0.05) is 10.7 Å². The van der Waals surface area contributed by atoms with E-state index in [1.807, 2.05) is 6.92 Å². The minimum atomic E-state index is -0.425. The Hall–Kier alpha value is -2.20. The Kier molecular flexibility index (Phi) is 4.48. The zero-order chi connectivity index (χ0) is 14.5. The highest BCUT2D eigenvalue weighted by atomic mass is 35.5. The summed E-state index contributed by atoms with van der Waals surface area (Å²) in [6.45, 7) is 2.33. The van der Waals surface area contributed by atoms with Crippen molar-refractivity contribution in [1.82, 2.24) is 0 Å². The van der Waals surface area contributed by atoms with Crippen molar-refractivity contribution in [2.45, 2.75) is 6.92 Å². The highest BCUT2D eigenvalue weighted by molar-refractivity contribution is 6.31. The summed E-state index contributed by atoms with van der Waals surface area (Å²) in [5, 5.41) is 13.0. The van der Waals surface area contributed by atoms with Crippen molar-refractivity contribution in [3.05, 3.63) is 53.1 Å². The Bertz CT molecular complexity index is 628. The fourth-order valence-electron chi connectivity index (χ4n) is 1.72. The summed E-state index contributed by atoms with van der Waals surface area (Å²) in [4.78, 5) is 12.1. The van der Waals surface area contributed by atoms with Crippen LogP contribution in [0.3, 0.4) is 0 Å². The minimum absolute atomic E-state index is 0.104. The smallest absolute Gasteiger partial charge is 0.259 e. The molecule has 0 heterocycles. The highest BCUT2D eigenvalue weighted by Gasteiger charge is 2.13. The predicted octanol–water partition coefficient (Wildman–Crippen LogP) is 3.70. The van der Waals surface area contributed by atoms with Crippen LogP contribution in [0, 0.1) is 0 Å². The number of benzene rings is 2. The molecule has 2 N–H and O–H groups in total. The molecule has 0 aromatic heterocycles. The topological polar surface area (TPSA) is 58.6 Å². The molecular weight excluding hydrogens is 278 g/mol. The fourth-order valence-corrected chi connectivity index (χ4v) is 1.91. The molecule has 4 nitrogen and oxygen atoms in total. The van der Waals surface area contributed by atoms with Crippen LogP contribution in [0.15, 0.2) is 42.5 Å². The first-order valence-corrected chi connectivity index (χ1v) is 6.50. The molecule has 5 heteroatoms. The molecule has 0 aliphatic carbocycles. The van der Waals surface area contributed by atoms with Crippen LogP contribution in [0.4, 0.5) is 5.69 Å². The van der Waals surface area contributed by atoms with Gasteiger partial charge in [-0.25, -0.2) is 0 Å². The van der Waals surface area contributed by atoms with Crippen LogP contribution in [0.5, 0.6) is 11.5 Å². The number of phenolic OH excluding ortho intramolecular Hbond substituents is 1. The van der Waals surface area contributed by atoms with Crippen LogP contribution < -0.4 is 10.1 Å². The van der Waals surface area contributed by atoms with Gasteiger partial charge in [0.15, 0.2) is 0 Å². The number of carbonyl (C=O) groups is 1. The first-order valence-electron chi connectivity index (χ1n) is 6.13. The van der Waals surface area contributed by atoms with Crippen molar-refractivity contribution in [2.24, 2.45) is 0 Å². The summed E-state index contributed by atoms with van der Waals surface area (Å²) in [6.07, 6.45) is 0. The number of aromatic hydroxyl groups is 1. The van der Waals surface area contributed by atoms with E-state index in [9.17, 15) is 9.90 Å². The highest BCUT2D eigenvalue weighted by Crippen LogP contribution is 2.24. The van der Waals surface area contributed by atoms with Gasteiger partial charge in [-0.1, -0.05) is 17.7 Å². The van der Waals surface area contributed by atoms with E-state index in [2.05, 4.69) is 5.32 Å². The molecule has 0 spiro atoms. The third-order valence-corrected chi connectivity index (χ3v) is 2.84. The Balaban J connectivity index is 2.22. The lowest BCUT2D eigenvalue weighted by atomic mass is 10.1. The summed E-state index contributed by atoms with van der Waals surface area (Å²) >= 11 is 5.85. The minimum Gasteiger partial charge on any atom is -0.507 e. The maximum atomic E-state index is 12.1. The predicted molar refractivity (Wildman–Crippen MR) is 78.7 cm³/mol. The molecule has 2 rings (SSSR count). The number of hydrogen-bond acceptors (Lipinski definition) is 3. The second kappa shape index (κ2) is 6.30. The molecule has 20 heavy (non-hydrogen) atoms. The lowest BCUT2D eigenvalue weighted by molar-refractivity contribution is 0.102. The van der Waals surface area contributed by atoms with Gasteiger partial charge < -0.3 is 15.2 Å². The SMILES string of the molecule is CCOc1ccc(O)c(C(=O)Nc2cccc(Cl)c2)c1. The quantitative estimate of drug-likeness (QED) is 0.903. The maximum absolute atomic E-state index is 12.1. The van der Waals surface area contributed by atoms with Gasteiger partial charge in [-0.2, -0.15) is 0 Å². The van der Waals surface area contributed by atoms with Gasteiger partial charge in [0.1, 0.15) is 11.5 Å². The molecule has 2 aromatic carbocycles. The number of ether oxygens (including phenoxy) is 1. The van der Waals surface area contributed by atoms with Gasteiger partial charge in [0.25, 0.3) is 5.91 Å². The average molecular weight is 292 g/mol. The number of amides is 1. The molecule has 2 aromatic rings. The van der Waals surface area contributed by atoms with E-state index in [-0.39, 0.29) is 11.3 Å². The zero-order valence-electron chi connectivity index (χ0n) is 10.9. The van der Waals surface area contributed by atoms with E-state index in [1.165, 1.54) is 12.1 Å². The first-order chi connectivity index (χ1) is 9.60. The van der Waals surface area contributed by atoms with Gasteiger partial charge >= 0.3 is 0 Å². The summed E-state index contributed by atoms with van der Waals surface area (Å²) < 4.78 is 5.31. The second-order valence-electron chi connectivity index (χ2n) is 4.08. The van der Waals surface area contributed by atoms with Crippen LogP contribution >= 0.6 is 11.6 Å². The van der Waals surface area contributed by atoms with Crippen LogP contribution in [0.2, 0.25) is 5.02 Å². The Morgan fingerprint density at radius 1 is 1.30 bits per heavy atom. The molecule has 0 saturated heterocycles. The maximum Gasteiger partial charge on any atom is 0.259 e. The van der Waals surface area contributed by atoms with Gasteiger partial charge in [-0.05, 0) is 43.3 Å². The summed E-state index contributed by atoms with van der Waals surface area (Å²) in [5.74, 6) is 0.000782. The molecule has 1 amide bonds. The van der Waals surface area contributed by atoms with Crippen LogP contribution in [-0.2, 0) is 0 Å². The number of carbonyl (C=O) groups excluding carboxylic acids is 1. The lowest BCUT2D eigenvalue weighted by Gasteiger charge is -2.09. The number of anilines is 1. The van der Waals surface area contributed by atoms with Crippen molar-refractivity contribution >= 4 is 23.2 Å². The van der Waals surface area contributed by atoms with Crippen LogP contribution in [0.25, 0.3) is 0 Å². The van der Waals surface area contributed by atoms with Gasteiger partial charge in [0.2, 0.25) is 0 Å². The van der Waals surface area contributed by atoms with Crippen molar-refractivity contribution in [1.29, 1.82) is 0 Å². The van der Waals surface area contributed by atoms with Crippen molar-refractivity contribution < 1.29 is 14.6 Å². The van der Waals surface area contributed by atoms with E-state index in [4.69, 9.17) is 16.3 Å². The molecule has 0 bridgehead atoms. The molecule has 0 aliphatic rings. The van der Waals surface area contributed by atoms with Gasteiger partial charge in [0.05, 0.1) is 12.2 Å². The number of halogens is 1. The summed E-state index contributed by atoms with van der Waals surface area (Å²) in [6, 6.07) is 11.3. The number of hydrogen-bond donors (Lipinski definition) is 2. The molecule has 0 saturated carbocycles. The fraction of sp³-hybridized carbons (Fsp3) is 0.133. The Morgan fingerprint density at radius 3 is 2.80 bits per heavy atom. The van der Waals surface area contributed by atoms with Crippen molar-refractivity contribution in [3.8, 4) is 11.5 Å². The third kappa shape index (κ3) is 3.42. The van der Waals surface area contributed by atoms with Crippen molar-refractivity contribution in [2.75, 3.05) is 11.9 Å². The molecule has 0 atom stereocenters. The standard InChI is InChI=1S/C15H14ClNO3/c1-2-20-12-6-7-14(18)13(9-12)15(19)17-11-5-3-4-10(16)8-11/h3-9,18H,2H2,1H3,(H,17,19). The normalized spacial score (nSPS) is 10.1. The van der Waals surface area contributed by atoms with Crippen molar-refractivity contribution in [3.63, 3.8) is 0 Å². The van der Waals surface area contributed by atoms with E-state index < -0.39 is 5.91 Å². The van der Waals surface area contributed by atoms with E-state index in [0.29, 0.717) is 23.1 Å². The van der Waals surface area contributed by atoms with Gasteiger partial charge in [-0.15, -0.1) is 0 Å². The zero-order valence-corrected chi connectivity index (χ0v) is 11.6. The first kappa shape index (κ1) is 14.2. The Labute approximate surface area is 122 Å². The van der Waals surface area contributed by atoms with E-state index in [1.54, 1.807) is 30.3 Å². The lowest BCUT2D eigenvalue weighted by Crippen LogP contribution is -2.12.